The predicted octanol–water partition coefficient (Wildman–Crippen LogP) is 1.61. The van der Waals surface area contributed by atoms with Crippen molar-refractivity contribution < 1.29 is 0 Å². The molecule has 0 unspecified atom stereocenters. The minimum absolute atomic E-state index is 0.500. The molecule has 0 amide bonds. The van der Waals surface area contributed by atoms with E-state index in [0.29, 0.717) is 5.96 Å². The number of rotatable bonds is 5. The number of hydrogen-bond acceptors (Lipinski definition) is 3. The van der Waals surface area contributed by atoms with Crippen molar-refractivity contribution in [2.24, 2.45) is 10.7 Å². The molecule has 0 saturated carbocycles. The Balaban J connectivity index is 1.77. The van der Waals surface area contributed by atoms with Crippen LogP contribution in [0.1, 0.15) is 18.9 Å². The maximum absolute atomic E-state index is 5.98. The van der Waals surface area contributed by atoms with E-state index < -0.39 is 0 Å². The van der Waals surface area contributed by atoms with Crippen molar-refractivity contribution in [1.82, 2.24) is 9.80 Å². The number of aliphatic imine (C=N–C) groups is 1. The standard InChI is InChI=1S/C17H29N5/c1-3-15-6-4-7-16(14-15)20-17(18)19-8-11-22-10-5-9-21(2)12-13-22/h4,6-7,14H,3,5,8-13H2,1-2H3,(H3,18,19,20). The number of benzene rings is 1. The third kappa shape index (κ3) is 5.66. The molecule has 0 atom stereocenters. The quantitative estimate of drug-likeness (QED) is 0.641. The van der Waals surface area contributed by atoms with E-state index in [1.165, 1.54) is 18.5 Å². The summed E-state index contributed by atoms with van der Waals surface area (Å²) in [4.78, 5) is 9.31. The molecule has 3 N–H and O–H groups in total. The van der Waals surface area contributed by atoms with Gasteiger partial charge in [0.15, 0.2) is 5.96 Å². The van der Waals surface area contributed by atoms with Crippen LogP contribution in [0.5, 0.6) is 0 Å². The summed E-state index contributed by atoms with van der Waals surface area (Å²) in [5.41, 5.74) is 8.29. The Bertz CT molecular complexity index is 486. The molecule has 5 nitrogen and oxygen atoms in total. The number of anilines is 1. The van der Waals surface area contributed by atoms with Gasteiger partial charge in [0, 0.05) is 25.3 Å². The molecule has 0 radical (unpaired) electrons. The number of likely N-dealkylation sites (N-methyl/N-ethyl adjacent to an activating group) is 1. The summed E-state index contributed by atoms with van der Waals surface area (Å²) in [6.07, 6.45) is 2.26. The van der Waals surface area contributed by atoms with E-state index in [2.05, 4.69) is 46.2 Å². The van der Waals surface area contributed by atoms with Crippen molar-refractivity contribution in [2.45, 2.75) is 19.8 Å². The van der Waals surface area contributed by atoms with Crippen LogP contribution < -0.4 is 11.1 Å². The molecular weight excluding hydrogens is 274 g/mol. The van der Waals surface area contributed by atoms with Gasteiger partial charge < -0.3 is 20.9 Å². The summed E-state index contributed by atoms with van der Waals surface area (Å²) in [6, 6.07) is 8.30. The second-order valence-corrected chi connectivity index (χ2v) is 5.94. The van der Waals surface area contributed by atoms with Gasteiger partial charge in [0.1, 0.15) is 0 Å². The van der Waals surface area contributed by atoms with Crippen LogP contribution in [0.2, 0.25) is 0 Å². The van der Waals surface area contributed by atoms with Crippen molar-refractivity contribution in [3.8, 4) is 0 Å². The van der Waals surface area contributed by atoms with Crippen LogP contribution in [0.3, 0.4) is 0 Å². The second-order valence-electron chi connectivity index (χ2n) is 5.94. The van der Waals surface area contributed by atoms with Gasteiger partial charge in [-0.05, 0) is 50.7 Å². The van der Waals surface area contributed by atoms with Gasteiger partial charge in [-0.15, -0.1) is 0 Å². The highest BCUT2D eigenvalue weighted by Gasteiger charge is 2.11. The van der Waals surface area contributed by atoms with E-state index in [9.17, 15) is 0 Å². The number of guanidine groups is 1. The fourth-order valence-corrected chi connectivity index (χ4v) is 2.69. The molecule has 22 heavy (non-hydrogen) atoms. The van der Waals surface area contributed by atoms with Crippen molar-refractivity contribution in [3.05, 3.63) is 29.8 Å². The molecule has 0 bridgehead atoms. The minimum Gasteiger partial charge on any atom is -0.370 e. The van der Waals surface area contributed by atoms with Gasteiger partial charge in [0.2, 0.25) is 0 Å². The number of nitrogens with two attached hydrogens (primary N) is 1. The SMILES string of the molecule is CCc1cccc(NC(N)=NCCN2CCCN(C)CC2)c1. The van der Waals surface area contributed by atoms with E-state index in [0.717, 1.165) is 44.8 Å². The fourth-order valence-electron chi connectivity index (χ4n) is 2.69. The van der Waals surface area contributed by atoms with Crippen molar-refractivity contribution in [1.29, 1.82) is 0 Å². The Morgan fingerprint density at radius 1 is 1.27 bits per heavy atom. The normalized spacial score (nSPS) is 18.2. The summed E-state index contributed by atoms with van der Waals surface area (Å²) in [7, 11) is 2.19. The van der Waals surface area contributed by atoms with Crippen molar-refractivity contribution >= 4 is 11.6 Å². The van der Waals surface area contributed by atoms with Crippen LogP contribution in [0.4, 0.5) is 5.69 Å². The number of nitrogens with one attached hydrogen (secondary N) is 1. The van der Waals surface area contributed by atoms with Gasteiger partial charge >= 0.3 is 0 Å². The summed E-state index contributed by atoms with van der Waals surface area (Å²) in [6.45, 7) is 8.48. The Hall–Kier alpha value is -1.59. The predicted molar refractivity (Wildman–Crippen MR) is 94.5 cm³/mol. The molecule has 1 fully saturated rings. The van der Waals surface area contributed by atoms with Gasteiger partial charge in [-0.3, -0.25) is 4.99 Å². The Morgan fingerprint density at radius 3 is 2.95 bits per heavy atom. The molecule has 122 valence electrons. The third-order valence-electron chi connectivity index (χ3n) is 4.12. The van der Waals surface area contributed by atoms with Crippen molar-refractivity contribution in [3.63, 3.8) is 0 Å². The molecular formula is C17H29N5. The first-order valence-corrected chi connectivity index (χ1v) is 8.24. The lowest BCUT2D eigenvalue weighted by molar-refractivity contribution is 0.283. The largest absolute Gasteiger partial charge is 0.370 e. The molecule has 1 aliphatic rings. The van der Waals surface area contributed by atoms with Crippen LogP contribution >= 0.6 is 0 Å². The van der Waals surface area contributed by atoms with Crippen LogP contribution in [0.25, 0.3) is 0 Å². The first-order chi connectivity index (χ1) is 10.7. The first kappa shape index (κ1) is 16.8. The maximum atomic E-state index is 5.98. The van der Waals surface area contributed by atoms with Gasteiger partial charge in [-0.2, -0.15) is 0 Å². The molecule has 2 rings (SSSR count). The number of aryl methyl sites for hydroxylation is 1. The van der Waals surface area contributed by atoms with E-state index in [1.807, 2.05) is 12.1 Å². The van der Waals surface area contributed by atoms with E-state index >= 15 is 0 Å². The second kappa shape index (κ2) is 8.76. The van der Waals surface area contributed by atoms with Gasteiger partial charge in [0.05, 0.1) is 6.54 Å². The van der Waals surface area contributed by atoms with E-state index in [1.54, 1.807) is 0 Å². The number of hydrogen-bond donors (Lipinski definition) is 2. The molecule has 0 aliphatic carbocycles. The molecule has 1 aromatic carbocycles. The topological polar surface area (TPSA) is 56.9 Å². The third-order valence-corrected chi connectivity index (χ3v) is 4.12. The first-order valence-electron chi connectivity index (χ1n) is 8.24. The Kier molecular flexibility index (Phi) is 6.68. The highest BCUT2D eigenvalue weighted by atomic mass is 15.2. The van der Waals surface area contributed by atoms with E-state index in [-0.39, 0.29) is 0 Å². The van der Waals surface area contributed by atoms with Gasteiger partial charge in [0.25, 0.3) is 0 Å². The summed E-state index contributed by atoms with van der Waals surface area (Å²) in [5, 5.41) is 3.17. The van der Waals surface area contributed by atoms with Crippen LogP contribution in [-0.4, -0.2) is 62.1 Å². The smallest absolute Gasteiger partial charge is 0.193 e. The van der Waals surface area contributed by atoms with Crippen LogP contribution in [-0.2, 0) is 6.42 Å². The lowest BCUT2D eigenvalue weighted by atomic mass is 10.1. The molecule has 1 saturated heterocycles. The Morgan fingerprint density at radius 2 is 2.14 bits per heavy atom. The summed E-state index contributed by atoms with van der Waals surface area (Å²) < 4.78 is 0. The molecule has 5 heteroatoms. The van der Waals surface area contributed by atoms with Gasteiger partial charge in [-0.25, -0.2) is 0 Å². The minimum atomic E-state index is 0.500. The fraction of sp³-hybridized carbons (Fsp3) is 0.588. The molecule has 1 aliphatic heterocycles. The molecule has 1 heterocycles. The maximum Gasteiger partial charge on any atom is 0.193 e. The highest BCUT2D eigenvalue weighted by molar-refractivity contribution is 5.92. The van der Waals surface area contributed by atoms with Crippen LogP contribution in [0, 0.1) is 0 Å². The zero-order valence-corrected chi connectivity index (χ0v) is 13.9. The Labute approximate surface area is 134 Å². The zero-order chi connectivity index (χ0) is 15.8. The lowest BCUT2D eigenvalue weighted by Gasteiger charge is -2.18. The van der Waals surface area contributed by atoms with Crippen LogP contribution in [0.15, 0.2) is 29.3 Å². The highest BCUT2D eigenvalue weighted by Crippen LogP contribution is 2.10. The average molecular weight is 303 g/mol. The number of nitrogens with zero attached hydrogens (tertiary/aromatic N) is 3. The monoisotopic (exact) mass is 303 g/mol. The summed E-state index contributed by atoms with van der Waals surface area (Å²) in [5.74, 6) is 0.500. The summed E-state index contributed by atoms with van der Waals surface area (Å²) >= 11 is 0. The lowest BCUT2D eigenvalue weighted by Crippen LogP contribution is -2.32. The average Bonchev–Trinajstić information content (AvgIpc) is 2.72. The molecule has 1 aromatic rings. The van der Waals surface area contributed by atoms with Gasteiger partial charge in [-0.1, -0.05) is 19.1 Å². The van der Waals surface area contributed by atoms with Crippen molar-refractivity contribution in [2.75, 3.05) is 51.6 Å². The molecule has 0 aromatic heterocycles. The zero-order valence-electron chi connectivity index (χ0n) is 13.9. The van der Waals surface area contributed by atoms with E-state index in [4.69, 9.17) is 5.73 Å². The molecule has 0 spiro atoms.